The molecule has 1 fully saturated rings. The van der Waals surface area contributed by atoms with Crippen LogP contribution in [0, 0.1) is 3.57 Å². The van der Waals surface area contributed by atoms with Gasteiger partial charge in [0.15, 0.2) is 0 Å². The van der Waals surface area contributed by atoms with E-state index in [1.165, 1.54) is 0 Å². The van der Waals surface area contributed by atoms with Crippen molar-refractivity contribution < 1.29 is 4.79 Å². The second-order valence-corrected chi connectivity index (χ2v) is 6.06. The number of hydrogen-bond acceptors (Lipinski definition) is 2. The van der Waals surface area contributed by atoms with Gasteiger partial charge in [-0.15, -0.1) is 0 Å². The van der Waals surface area contributed by atoms with Crippen molar-refractivity contribution in [2.45, 2.75) is 26.3 Å². The molecule has 0 N–H and O–H groups in total. The van der Waals surface area contributed by atoms with Crippen LogP contribution in [0.25, 0.3) is 0 Å². The van der Waals surface area contributed by atoms with E-state index in [4.69, 9.17) is 0 Å². The summed E-state index contributed by atoms with van der Waals surface area (Å²) in [6.45, 7) is 8.25. The summed E-state index contributed by atoms with van der Waals surface area (Å²) >= 11 is 2.24. The molecule has 1 unspecified atom stereocenters. The molecule has 3 nitrogen and oxygen atoms in total. The first-order valence-corrected chi connectivity index (χ1v) is 8.03. The summed E-state index contributed by atoms with van der Waals surface area (Å²) in [6.07, 6.45) is 1.09. The van der Waals surface area contributed by atoms with E-state index in [9.17, 15) is 4.79 Å². The van der Waals surface area contributed by atoms with Crippen LogP contribution in [0.2, 0.25) is 0 Å². The number of likely N-dealkylation sites (N-methyl/N-ethyl adjacent to an activating group) is 1. The van der Waals surface area contributed by atoms with Crippen molar-refractivity contribution in [3.8, 4) is 0 Å². The molecule has 1 aliphatic heterocycles. The molecule has 0 aromatic heterocycles. The Bertz CT molecular complexity index is 446. The minimum Gasteiger partial charge on any atom is -0.337 e. The third-order valence-corrected chi connectivity index (χ3v) is 4.82. The third kappa shape index (κ3) is 3.28. The Morgan fingerprint density at radius 2 is 2.05 bits per heavy atom. The molecule has 0 spiro atoms. The summed E-state index contributed by atoms with van der Waals surface area (Å²) in [4.78, 5) is 17.0. The predicted molar refractivity (Wildman–Crippen MR) is 86.4 cm³/mol. The van der Waals surface area contributed by atoms with Gasteiger partial charge >= 0.3 is 0 Å². The number of hydrogen-bond donors (Lipinski definition) is 0. The number of carbonyl (C=O) groups is 1. The minimum atomic E-state index is 0.180. The summed E-state index contributed by atoms with van der Waals surface area (Å²) in [5, 5.41) is 0. The predicted octanol–water partition coefficient (Wildman–Crippen LogP) is 2.85. The van der Waals surface area contributed by atoms with Crippen LogP contribution in [0.4, 0.5) is 0 Å². The van der Waals surface area contributed by atoms with Crippen LogP contribution < -0.4 is 0 Å². The number of carbonyl (C=O) groups excluding carboxylic acids is 1. The van der Waals surface area contributed by atoms with Crippen LogP contribution in [0.15, 0.2) is 24.3 Å². The molecule has 1 heterocycles. The lowest BCUT2D eigenvalue weighted by molar-refractivity contribution is 0.0777. The van der Waals surface area contributed by atoms with Crippen LogP contribution in [0.3, 0.4) is 0 Å². The molecule has 1 amide bonds. The Morgan fingerprint density at radius 1 is 1.37 bits per heavy atom. The molecule has 1 aromatic rings. The fourth-order valence-electron chi connectivity index (χ4n) is 2.77. The van der Waals surface area contributed by atoms with Crippen LogP contribution in [0.1, 0.15) is 30.6 Å². The van der Waals surface area contributed by atoms with Crippen LogP contribution in [-0.2, 0) is 0 Å². The maximum absolute atomic E-state index is 12.5. The van der Waals surface area contributed by atoms with Crippen molar-refractivity contribution >= 4 is 28.5 Å². The second-order valence-electron chi connectivity index (χ2n) is 4.89. The molecule has 2 rings (SSSR count). The van der Waals surface area contributed by atoms with E-state index in [2.05, 4.69) is 41.3 Å². The smallest absolute Gasteiger partial charge is 0.254 e. The Balaban J connectivity index is 2.05. The first-order valence-electron chi connectivity index (χ1n) is 6.95. The highest BCUT2D eigenvalue weighted by atomic mass is 127. The largest absolute Gasteiger partial charge is 0.337 e. The van der Waals surface area contributed by atoms with Crippen molar-refractivity contribution in [3.05, 3.63) is 33.4 Å². The van der Waals surface area contributed by atoms with Gasteiger partial charge in [0.05, 0.1) is 5.56 Å². The maximum atomic E-state index is 12.5. The number of nitrogens with zero attached hydrogens (tertiary/aromatic N) is 2. The Labute approximate surface area is 129 Å². The van der Waals surface area contributed by atoms with Crippen LogP contribution >= 0.6 is 22.6 Å². The van der Waals surface area contributed by atoms with Gasteiger partial charge in [-0.05, 0) is 54.2 Å². The normalized spacial score (nSPS) is 19.2. The van der Waals surface area contributed by atoms with E-state index in [0.717, 1.165) is 41.7 Å². The van der Waals surface area contributed by atoms with Crippen LogP contribution in [-0.4, -0.2) is 47.9 Å². The summed E-state index contributed by atoms with van der Waals surface area (Å²) < 4.78 is 1.04. The molecule has 0 saturated carbocycles. The molecule has 0 aliphatic carbocycles. The quantitative estimate of drug-likeness (QED) is 0.759. The van der Waals surface area contributed by atoms with Crippen molar-refractivity contribution in [1.82, 2.24) is 9.80 Å². The monoisotopic (exact) mass is 372 g/mol. The van der Waals surface area contributed by atoms with Gasteiger partial charge in [0.2, 0.25) is 0 Å². The van der Waals surface area contributed by atoms with E-state index in [1.807, 2.05) is 29.2 Å². The number of likely N-dealkylation sites (tertiary alicyclic amines) is 1. The summed E-state index contributed by atoms with van der Waals surface area (Å²) in [6, 6.07) is 8.36. The van der Waals surface area contributed by atoms with Gasteiger partial charge in [-0.2, -0.15) is 0 Å². The lowest BCUT2D eigenvalue weighted by Gasteiger charge is -2.26. The number of rotatable bonds is 4. The average Bonchev–Trinajstić information content (AvgIpc) is 2.90. The second kappa shape index (κ2) is 6.70. The number of amides is 1. The zero-order valence-corrected chi connectivity index (χ0v) is 13.8. The van der Waals surface area contributed by atoms with E-state index in [-0.39, 0.29) is 5.91 Å². The van der Waals surface area contributed by atoms with Crippen molar-refractivity contribution in [1.29, 1.82) is 0 Å². The zero-order valence-electron chi connectivity index (χ0n) is 11.6. The van der Waals surface area contributed by atoms with Gasteiger partial charge in [0, 0.05) is 22.7 Å². The summed E-state index contributed by atoms with van der Waals surface area (Å²) in [7, 11) is 0. The molecule has 0 bridgehead atoms. The molecular weight excluding hydrogens is 351 g/mol. The van der Waals surface area contributed by atoms with Gasteiger partial charge in [-0.3, -0.25) is 9.69 Å². The van der Waals surface area contributed by atoms with Crippen LogP contribution in [0.5, 0.6) is 0 Å². The molecule has 1 atom stereocenters. The zero-order chi connectivity index (χ0) is 13.8. The lowest BCUT2D eigenvalue weighted by Crippen LogP contribution is -2.38. The Morgan fingerprint density at radius 3 is 2.68 bits per heavy atom. The van der Waals surface area contributed by atoms with E-state index in [0.29, 0.717) is 6.04 Å². The molecule has 1 aliphatic rings. The molecular formula is C15H21IN2O. The number of halogens is 1. The van der Waals surface area contributed by atoms with Crippen molar-refractivity contribution in [2.75, 3.05) is 26.2 Å². The minimum absolute atomic E-state index is 0.180. The van der Waals surface area contributed by atoms with Gasteiger partial charge in [-0.25, -0.2) is 0 Å². The molecule has 104 valence electrons. The molecule has 1 aromatic carbocycles. The standard InChI is InChI=1S/C15H21IN2O/c1-3-17(4-2)12-9-10-18(11-12)15(19)13-7-5-6-8-14(13)16/h5-8,12H,3-4,9-11H2,1-2H3. The van der Waals surface area contributed by atoms with E-state index >= 15 is 0 Å². The lowest BCUT2D eigenvalue weighted by atomic mass is 10.2. The van der Waals surface area contributed by atoms with Gasteiger partial charge < -0.3 is 4.90 Å². The van der Waals surface area contributed by atoms with Crippen molar-refractivity contribution in [3.63, 3.8) is 0 Å². The Kier molecular flexibility index (Phi) is 5.21. The maximum Gasteiger partial charge on any atom is 0.254 e. The Hall–Kier alpha value is -0.620. The highest BCUT2D eigenvalue weighted by Crippen LogP contribution is 2.20. The SMILES string of the molecule is CCN(CC)C1CCN(C(=O)c2ccccc2I)C1. The van der Waals surface area contributed by atoms with Crippen molar-refractivity contribution in [2.24, 2.45) is 0 Å². The van der Waals surface area contributed by atoms with Gasteiger partial charge in [-0.1, -0.05) is 26.0 Å². The van der Waals surface area contributed by atoms with E-state index < -0.39 is 0 Å². The van der Waals surface area contributed by atoms with Gasteiger partial charge in [0.25, 0.3) is 5.91 Å². The fourth-order valence-corrected chi connectivity index (χ4v) is 3.39. The first kappa shape index (κ1) is 14.8. The third-order valence-electron chi connectivity index (χ3n) is 3.88. The summed E-state index contributed by atoms with van der Waals surface area (Å²) in [5.74, 6) is 0.180. The topological polar surface area (TPSA) is 23.6 Å². The highest BCUT2D eigenvalue weighted by Gasteiger charge is 2.30. The highest BCUT2D eigenvalue weighted by molar-refractivity contribution is 14.1. The molecule has 0 radical (unpaired) electrons. The van der Waals surface area contributed by atoms with E-state index in [1.54, 1.807) is 0 Å². The average molecular weight is 372 g/mol. The summed E-state index contributed by atoms with van der Waals surface area (Å²) in [5.41, 5.74) is 0.836. The first-order chi connectivity index (χ1) is 9.17. The van der Waals surface area contributed by atoms with Gasteiger partial charge in [0.1, 0.15) is 0 Å². The molecule has 1 saturated heterocycles. The number of benzene rings is 1. The fraction of sp³-hybridized carbons (Fsp3) is 0.533. The molecule has 4 heteroatoms. The molecule has 19 heavy (non-hydrogen) atoms.